The van der Waals surface area contributed by atoms with E-state index in [-0.39, 0.29) is 6.04 Å². The molecule has 0 radical (unpaired) electrons. The van der Waals surface area contributed by atoms with Crippen molar-refractivity contribution < 1.29 is 4.42 Å². The van der Waals surface area contributed by atoms with Gasteiger partial charge >= 0.3 is 0 Å². The summed E-state index contributed by atoms with van der Waals surface area (Å²) < 4.78 is 5.43. The van der Waals surface area contributed by atoms with Crippen LogP contribution in [0.25, 0.3) is 10.9 Å². The highest BCUT2D eigenvalue weighted by Crippen LogP contribution is 2.39. The van der Waals surface area contributed by atoms with Crippen LogP contribution < -0.4 is 0 Å². The minimum absolute atomic E-state index is 0.199. The Morgan fingerprint density at radius 3 is 2.81 bits per heavy atom. The van der Waals surface area contributed by atoms with E-state index in [9.17, 15) is 0 Å². The number of H-pyrrole nitrogens is 1. The van der Waals surface area contributed by atoms with Crippen molar-refractivity contribution in [1.29, 1.82) is 0 Å². The third-order valence-corrected chi connectivity index (χ3v) is 5.47. The topological polar surface area (TPSA) is 32.2 Å². The van der Waals surface area contributed by atoms with Crippen LogP contribution in [0.5, 0.6) is 0 Å². The van der Waals surface area contributed by atoms with E-state index in [1.807, 2.05) is 6.26 Å². The van der Waals surface area contributed by atoms with E-state index in [4.69, 9.17) is 4.42 Å². The van der Waals surface area contributed by atoms with Crippen LogP contribution in [0.1, 0.15) is 34.0 Å². The zero-order chi connectivity index (χ0) is 17.5. The Kier molecular flexibility index (Phi) is 3.68. The van der Waals surface area contributed by atoms with E-state index in [2.05, 4.69) is 71.4 Å². The maximum Gasteiger partial charge on any atom is 0.0954 e. The fourth-order valence-corrected chi connectivity index (χ4v) is 4.25. The normalized spacial score (nSPS) is 17.5. The summed E-state index contributed by atoms with van der Waals surface area (Å²) in [6.45, 7) is 4.14. The molecule has 1 N–H and O–H groups in total. The smallest absolute Gasteiger partial charge is 0.0954 e. The summed E-state index contributed by atoms with van der Waals surface area (Å²) in [6.07, 6.45) is 4.73. The van der Waals surface area contributed by atoms with Gasteiger partial charge in [0.15, 0.2) is 0 Å². The minimum atomic E-state index is 0.199. The lowest BCUT2D eigenvalue weighted by molar-refractivity contribution is 0.201. The molecule has 1 aliphatic heterocycles. The van der Waals surface area contributed by atoms with Crippen molar-refractivity contribution in [3.63, 3.8) is 0 Å². The molecule has 4 aromatic rings. The third kappa shape index (κ3) is 2.56. The van der Waals surface area contributed by atoms with E-state index in [1.165, 1.54) is 38.9 Å². The van der Waals surface area contributed by atoms with Gasteiger partial charge in [0.25, 0.3) is 0 Å². The monoisotopic (exact) mass is 342 g/mol. The molecule has 2 aromatic carbocycles. The zero-order valence-corrected chi connectivity index (χ0v) is 14.9. The Hall–Kier alpha value is -2.78. The summed E-state index contributed by atoms with van der Waals surface area (Å²) in [5.74, 6) is 0. The molecule has 1 unspecified atom stereocenters. The van der Waals surface area contributed by atoms with Gasteiger partial charge in [0.1, 0.15) is 0 Å². The van der Waals surface area contributed by atoms with Crippen LogP contribution in [0.15, 0.2) is 71.5 Å². The van der Waals surface area contributed by atoms with E-state index in [0.717, 1.165) is 19.5 Å². The first-order valence-electron chi connectivity index (χ1n) is 9.21. The van der Waals surface area contributed by atoms with Crippen molar-refractivity contribution in [3.05, 3.63) is 95.1 Å². The maximum atomic E-state index is 5.43. The molecular weight excluding hydrogens is 320 g/mol. The lowest BCUT2D eigenvalue weighted by Gasteiger charge is -2.35. The van der Waals surface area contributed by atoms with Crippen molar-refractivity contribution in [2.24, 2.45) is 0 Å². The summed E-state index contributed by atoms with van der Waals surface area (Å²) in [4.78, 5) is 6.26. The number of aromatic nitrogens is 1. The summed E-state index contributed by atoms with van der Waals surface area (Å²) in [6, 6.07) is 19.7. The van der Waals surface area contributed by atoms with Crippen LogP contribution in [0.3, 0.4) is 0 Å². The van der Waals surface area contributed by atoms with Gasteiger partial charge in [0, 0.05) is 35.2 Å². The van der Waals surface area contributed by atoms with Crippen molar-refractivity contribution >= 4 is 10.9 Å². The molecule has 5 rings (SSSR count). The molecule has 26 heavy (non-hydrogen) atoms. The number of aryl methyl sites for hydroxylation is 1. The second-order valence-corrected chi connectivity index (χ2v) is 7.23. The first-order valence-corrected chi connectivity index (χ1v) is 9.21. The fraction of sp³-hybridized carbons (Fsp3) is 0.217. The Morgan fingerprint density at radius 2 is 2.00 bits per heavy atom. The lowest BCUT2D eigenvalue weighted by Crippen LogP contribution is -2.35. The highest BCUT2D eigenvalue weighted by Gasteiger charge is 2.32. The van der Waals surface area contributed by atoms with Gasteiger partial charge in [-0.2, -0.15) is 0 Å². The molecule has 0 spiro atoms. The quantitative estimate of drug-likeness (QED) is 0.554. The van der Waals surface area contributed by atoms with Gasteiger partial charge in [0.05, 0.1) is 18.6 Å². The van der Waals surface area contributed by atoms with E-state index in [0.29, 0.717) is 0 Å². The Bertz CT molecular complexity index is 1030. The molecule has 2 aromatic heterocycles. The van der Waals surface area contributed by atoms with Gasteiger partial charge < -0.3 is 9.40 Å². The SMILES string of the molecule is Cc1ccc2[nH]c3c(c2c1)CCN(Cc1ccccc1)C3c1ccoc1. The third-order valence-electron chi connectivity index (χ3n) is 5.47. The number of fused-ring (bicyclic) bond motifs is 3. The van der Waals surface area contributed by atoms with Crippen LogP contribution in [0.2, 0.25) is 0 Å². The summed E-state index contributed by atoms with van der Waals surface area (Å²) >= 11 is 0. The number of furan rings is 1. The fourth-order valence-electron chi connectivity index (χ4n) is 4.25. The van der Waals surface area contributed by atoms with Crippen molar-refractivity contribution in [1.82, 2.24) is 9.88 Å². The average molecular weight is 342 g/mol. The molecule has 0 fully saturated rings. The molecule has 0 amide bonds. The van der Waals surface area contributed by atoms with Crippen LogP contribution in [-0.2, 0) is 13.0 Å². The highest BCUT2D eigenvalue weighted by molar-refractivity contribution is 5.86. The van der Waals surface area contributed by atoms with E-state index < -0.39 is 0 Å². The molecule has 0 saturated carbocycles. The average Bonchev–Trinajstić information content (AvgIpc) is 3.30. The van der Waals surface area contributed by atoms with Crippen molar-refractivity contribution in [2.75, 3.05) is 6.54 Å². The standard InChI is InChI=1S/C23H22N2O/c1-16-7-8-21-20(13-16)19-9-11-25(14-17-5-3-2-4-6-17)23(22(19)24-21)18-10-12-26-15-18/h2-8,10,12-13,15,23-24H,9,11,14H2,1H3. The van der Waals surface area contributed by atoms with Crippen molar-refractivity contribution in [2.45, 2.75) is 25.9 Å². The maximum absolute atomic E-state index is 5.43. The molecule has 1 atom stereocenters. The van der Waals surface area contributed by atoms with Crippen LogP contribution in [-0.4, -0.2) is 16.4 Å². The van der Waals surface area contributed by atoms with E-state index >= 15 is 0 Å². The van der Waals surface area contributed by atoms with Crippen molar-refractivity contribution in [3.8, 4) is 0 Å². The predicted octanol–water partition coefficient (Wildman–Crippen LogP) is 5.22. The Labute approximate surface area is 153 Å². The molecule has 0 bridgehead atoms. The van der Waals surface area contributed by atoms with Crippen LogP contribution in [0, 0.1) is 6.92 Å². The van der Waals surface area contributed by atoms with Gasteiger partial charge in [0.2, 0.25) is 0 Å². The molecule has 3 nitrogen and oxygen atoms in total. The van der Waals surface area contributed by atoms with Crippen LogP contribution >= 0.6 is 0 Å². The number of hydrogen-bond acceptors (Lipinski definition) is 2. The first kappa shape index (κ1) is 15.5. The Morgan fingerprint density at radius 1 is 1.12 bits per heavy atom. The van der Waals surface area contributed by atoms with Gasteiger partial charge in [-0.15, -0.1) is 0 Å². The number of nitrogens with one attached hydrogen (secondary N) is 1. The van der Waals surface area contributed by atoms with Gasteiger partial charge in [-0.3, -0.25) is 4.90 Å². The highest BCUT2D eigenvalue weighted by atomic mass is 16.3. The lowest BCUT2D eigenvalue weighted by atomic mass is 9.93. The summed E-state index contributed by atoms with van der Waals surface area (Å²) in [7, 11) is 0. The molecule has 0 aliphatic carbocycles. The zero-order valence-electron chi connectivity index (χ0n) is 14.9. The van der Waals surface area contributed by atoms with Gasteiger partial charge in [-0.25, -0.2) is 0 Å². The number of aromatic amines is 1. The predicted molar refractivity (Wildman–Crippen MR) is 104 cm³/mol. The summed E-state index contributed by atoms with van der Waals surface area (Å²) in [5, 5.41) is 1.37. The number of benzene rings is 2. The second-order valence-electron chi connectivity index (χ2n) is 7.23. The molecular formula is C23H22N2O. The molecule has 3 heteroatoms. The largest absolute Gasteiger partial charge is 0.472 e. The van der Waals surface area contributed by atoms with Gasteiger partial charge in [-0.05, 0) is 42.7 Å². The molecule has 3 heterocycles. The Balaban J connectivity index is 1.62. The minimum Gasteiger partial charge on any atom is -0.472 e. The second kappa shape index (κ2) is 6.19. The van der Waals surface area contributed by atoms with E-state index in [1.54, 1.807) is 6.26 Å². The van der Waals surface area contributed by atoms with Crippen LogP contribution in [0.4, 0.5) is 0 Å². The number of rotatable bonds is 3. The molecule has 130 valence electrons. The van der Waals surface area contributed by atoms with Gasteiger partial charge in [-0.1, -0.05) is 42.0 Å². The molecule has 1 aliphatic rings. The molecule has 0 saturated heterocycles. The first-order chi connectivity index (χ1) is 12.8. The number of hydrogen-bond donors (Lipinski definition) is 1. The summed E-state index contributed by atoms with van der Waals surface area (Å²) in [5.41, 5.74) is 7.87. The number of nitrogens with zero attached hydrogens (tertiary/aromatic N) is 1.